The molecule has 0 spiro atoms. The maximum atomic E-state index is 12.3. The number of fused-ring (bicyclic) bond motifs is 1. The van der Waals surface area contributed by atoms with Crippen molar-refractivity contribution in [1.82, 2.24) is 24.9 Å². The summed E-state index contributed by atoms with van der Waals surface area (Å²) in [4.78, 5) is 12.3. The van der Waals surface area contributed by atoms with Gasteiger partial charge in [0.15, 0.2) is 9.84 Å². The van der Waals surface area contributed by atoms with E-state index in [2.05, 4.69) is 15.5 Å². The Hall–Kier alpha value is -1.90. The van der Waals surface area contributed by atoms with E-state index in [4.69, 9.17) is 0 Å². The van der Waals surface area contributed by atoms with E-state index in [1.165, 1.54) is 0 Å². The number of hydrogen-bond donors (Lipinski definition) is 1. The number of carbonyl (C=O) groups is 1. The monoisotopic (exact) mass is 325 g/mol. The zero-order valence-corrected chi connectivity index (χ0v) is 13.6. The van der Waals surface area contributed by atoms with Crippen molar-refractivity contribution >= 4 is 26.8 Å². The summed E-state index contributed by atoms with van der Waals surface area (Å²) in [7, 11) is -1.17. The van der Waals surface area contributed by atoms with E-state index in [0.29, 0.717) is 6.42 Å². The molecule has 1 fully saturated rings. The summed E-state index contributed by atoms with van der Waals surface area (Å²) in [6.45, 7) is 3.61. The van der Waals surface area contributed by atoms with Gasteiger partial charge in [-0.15, -0.1) is 0 Å². The van der Waals surface area contributed by atoms with Gasteiger partial charge in [0.1, 0.15) is 17.1 Å². The first-order chi connectivity index (χ1) is 10.3. The number of amides is 1. The second-order valence-corrected chi connectivity index (χ2v) is 8.07. The second-order valence-electron chi connectivity index (χ2n) is 5.84. The van der Waals surface area contributed by atoms with Crippen molar-refractivity contribution < 1.29 is 13.2 Å². The molecule has 0 aliphatic carbocycles. The largest absolute Gasteiger partial charge is 0.350 e. The molecular weight excluding hydrogens is 306 g/mol. The van der Waals surface area contributed by atoms with Crippen LogP contribution in [-0.4, -0.2) is 51.4 Å². The summed E-state index contributed by atoms with van der Waals surface area (Å²) in [6.07, 6.45) is 2.26. The van der Waals surface area contributed by atoms with Gasteiger partial charge in [-0.1, -0.05) is 0 Å². The minimum Gasteiger partial charge on any atom is -0.350 e. The summed E-state index contributed by atoms with van der Waals surface area (Å²) in [5, 5.41) is 11.5. The smallest absolute Gasteiger partial charge is 0.244 e. The molecule has 1 aliphatic rings. The Labute approximate surface area is 128 Å². The normalized spacial score (nSPS) is 22.0. The van der Waals surface area contributed by atoms with Gasteiger partial charge in [0.05, 0.1) is 23.4 Å². The van der Waals surface area contributed by atoms with Crippen molar-refractivity contribution in [3.05, 3.63) is 11.9 Å². The molecule has 2 atom stereocenters. The third-order valence-electron chi connectivity index (χ3n) is 4.06. The predicted octanol–water partition coefficient (Wildman–Crippen LogP) is -0.0575. The average molecular weight is 325 g/mol. The maximum absolute atomic E-state index is 12.3. The van der Waals surface area contributed by atoms with Gasteiger partial charge in [-0.05, 0) is 20.3 Å². The third kappa shape index (κ3) is 2.60. The summed E-state index contributed by atoms with van der Waals surface area (Å²) in [5.41, 5.74) is 2.44. The first-order valence-corrected chi connectivity index (χ1v) is 8.98. The van der Waals surface area contributed by atoms with Crippen molar-refractivity contribution in [2.24, 2.45) is 7.05 Å². The average Bonchev–Trinajstić information content (AvgIpc) is 3.07. The lowest BCUT2D eigenvalue weighted by molar-refractivity contribution is -0.124. The number of sulfone groups is 1. The number of nitrogens with one attached hydrogen (secondary N) is 1. The Balaban J connectivity index is 1.76. The van der Waals surface area contributed by atoms with Crippen LogP contribution in [0.5, 0.6) is 0 Å². The molecule has 1 amide bonds. The highest BCUT2D eigenvalue weighted by Crippen LogP contribution is 2.18. The minimum absolute atomic E-state index is 0.0234. The molecule has 1 aliphatic heterocycles. The van der Waals surface area contributed by atoms with Crippen molar-refractivity contribution in [3.63, 3.8) is 0 Å². The molecule has 120 valence electrons. The molecule has 0 unspecified atom stereocenters. The molecule has 2 aromatic rings. The fraction of sp³-hybridized carbons (Fsp3) is 0.615. The van der Waals surface area contributed by atoms with Gasteiger partial charge in [0.2, 0.25) is 5.91 Å². The molecule has 0 bridgehead atoms. The lowest BCUT2D eigenvalue weighted by Gasteiger charge is -2.16. The summed E-state index contributed by atoms with van der Waals surface area (Å²) < 4.78 is 26.2. The number of hydrogen-bond acceptors (Lipinski definition) is 5. The minimum atomic E-state index is -3.00. The Kier molecular flexibility index (Phi) is 3.47. The number of aryl methyl sites for hydroxylation is 2. The highest BCUT2D eigenvalue weighted by Gasteiger charge is 2.30. The molecule has 2 aromatic heterocycles. The Morgan fingerprint density at radius 1 is 1.45 bits per heavy atom. The van der Waals surface area contributed by atoms with Crippen LogP contribution in [0.25, 0.3) is 11.0 Å². The lowest BCUT2D eigenvalue weighted by Crippen LogP contribution is -2.39. The van der Waals surface area contributed by atoms with Crippen LogP contribution in [-0.2, 0) is 21.7 Å². The molecule has 3 rings (SSSR count). The van der Waals surface area contributed by atoms with Crippen molar-refractivity contribution in [1.29, 1.82) is 0 Å². The van der Waals surface area contributed by atoms with E-state index in [9.17, 15) is 13.2 Å². The quantitative estimate of drug-likeness (QED) is 0.852. The van der Waals surface area contributed by atoms with Gasteiger partial charge in [0.25, 0.3) is 0 Å². The van der Waals surface area contributed by atoms with Crippen LogP contribution in [0.3, 0.4) is 0 Å². The van der Waals surface area contributed by atoms with Crippen LogP contribution >= 0.6 is 0 Å². The number of rotatable bonds is 3. The zero-order chi connectivity index (χ0) is 16.1. The molecule has 0 aromatic carbocycles. The van der Waals surface area contributed by atoms with Crippen LogP contribution in [0.2, 0.25) is 0 Å². The third-order valence-corrected chi connectivity index (χ3v) is 5.83. The number of nitrogens with zero attached hydrogens (tertiary/aromatic N) is 4. The fourth-order valence-corrected chi connectivity index (χ4v) is 4.43. The van der Waals surface area contributed by atoms with Crippen LogP contribution < -0.4 is 5.32 Å². The van der Waals surface area contributed by atoms with Crippen molar-refractivity contribution in [2.45, 2.75) is 32.4 Å². The molecule has 8 nitrogen and oxygen atoms in total. The molecule has 3 heterocycles. The fourth-order valence-electron chi connectivity index (χ4n) is 2.75. The van der Waals surface area contributed by atoms with Gasteiger partial charge < -0.3 is 5.32 Å². The van der Waals surface area contributed by atoms with Crippen molar-refractivity contribution in [3.8, 4) is 0 Å². The summed E-state index contributed by atoms with van der Waals surface area (Å²) in [6, 6.07) is -0.802. The van der Waals surface area contributed by atoms with E-state index in [0.717, 1.165) is 16.7 Å². The second kappa shape index (κ2) is 5.08. The summed E-state index contributed by atoms with van der Waals surface area (Å²) >= 11 is 0. The molecule has 0 saturated carbocycles. The highest BCUT2D eigenvalue weighted by molar-refractivity contribution is 7.91. The number of aromatic nitrogens is 4. The first-order valence-electron chi connectivity index (χ1n) is 7.16. The number of carbonyl (C=O) groups excluding carboxylic acids is 1. The van der Waals surface area contributed by atoms with E-state index in [1.807, 2.05) is 14.0 Å². The lowest BCUT2D eigenvalue weighted by atomic mass is 10.2. The van der Waals surface area contributed by atoms with Gasteiger partial charge >= 0.3 is 0 Å². The highest BCUT2D eigenvalue weighted by atomic mass is 32.2. The topological polar surface area (TPSA) is 98.9 Å². The van der Waals surface area contributed by atoms with Gasteiger partial charge in [0, 0.05) is 13.1 Å². The Morgan fingerprint density at radius 2 is 2.18 bits per heavy atom. The van der Waals surface area contributed by atoms with Gasteiger partial charge in [-0.25, -0.2) is 8.42 Å². The van der Waals surface area contributed by atoms with E-state index in [1.54, 1.807) is 22.5 Å². The zero-order valence-electron chi connectivity index (χ0n) is 12.8. The molecule has 9 heteroatoms. The van der Waals surface area contributed by atoms with Crippen LogP contribution in [0.4, 0.5) is 0 Å². The molecule has 1 saturated heterocycles. The molecule has 0 radical (unpaired) electrons. The van der Waals surface area contributed by atoms with Crippen LogP contribution in [0, 0.1) is 6.92 Å². The molecular formula is C13H19N5O3S. The first kappa shape index (κ1) is 15.0. The summed E-state index contributed by atoms with van der Waals surface area (Å²) in [5.74, 6) is -0.0566. The Morgan fingerprint density at radius 3 is 2.77 bits per heavy atom. The van der Waals surface area contributed by atoms with Crippen LogP contribution in [0.1, 0.15) is 25.1 Å². The van der Waals surface area contributed by atoms with Gasteiger partial charge in [-0.2, -0.15) is 10.2 Å². The molecule has 1 N–H and O–H groups in total. The predicted molar refractivity (Wildman–Crippen MR) is 81.1 cm³/mol. The van der Waals surface area contributed by atoms with E-state index >= 15 is 0 Å². The van der Waals surface area contributed by atoms with E-state index in [-0.39, 0.29) is 23.5 Å². The van der Waals surface area contributed by atoms with E-state index < -0.39 is 15.9 Å². The molecule has 22 heavy (non-hydrogen) atoms. The van der Waals surface area contributed by atoms with Crippen LogP contribution in [0.15, 0.2) is 6.20 Å². The SMILES string of the molecule is Cc1nn(C)c2cn([C@@H](C)C(=O)N[C@@H]3CCS(=O)(=O)C3)nc12. The standard InChI is InChI=1S/C13H19N5O3S/c1-8-12-11(17(3)15-8)6-18(16-12)9(2)13(19)14-10-4-5-22(20,21)7-10/h6,9-10H,4-5,7H2,1-3H3,(H,14,19)/t9-,10+/m0/s1. The Bertz CT molecular complexity index is 801. The van der Waals surface area contributed by atoms with Gasteiger partial charge in [-0.3, -0.25) is 14.2 Å². The maximum Gasteiger partial charge on any atom is 0.244 e. The van der Waals surface area contributed by atoms with Crippen molar-refractivity contribution in [2.75, 3.05) is 11.5 Å².